The molecule has 2 atom stereocenters. The molecule has 1 aromatic heterocycles. The molecule has 0 aliphatic rings. The number of aliphatic hydroxyl groups is 2. The van der Waals surface area contributed by atoms with E-state index in [-0.39, 0.29) is 16.4 Å². The van der Waals surface area contributed by atoms with Crippen molar-refractivity contribution in [2.75, 3.05) is 5.75 Å². The van der Waals surface area contributed by atoms with E-state index < -0.39 is 18.2 Å². The molecule has 1 heterocycles. The largest absolute Gasteiger partial charge is 0.478 e. The summed E-state index contributed by atoms with van der Waals surface area (Å²) in [6.07, 6.45) is -0.910. The first-order valence-corrected chi connectivity index (χ1v) is 7.22. The van der Waals surface area contributed by atoms with Crippen molar-refractivity contribution in [1.82, 2.24) is 4.98 Å². The average Bonchev–Trinajstić information content (AvgIpc) is 2.86. The van der Waals surface area contributed by atoms with Gasteiger partial charge < -0.3 is 20.3 Å². The fourth-order valence-electron chi connectivity index (χ4n) is 2.02. The minimum absolute atomic E-state index is 0.0768. The quantitative estimate of drug-likeness (QED) is 0.667. The van der Waals surface area contributed by atoms with Gasteiger partial charge in [0, 0.05) is 29.8 Å². The number of carboxylic acid groups (broad SMARTS) is 1. The molecule has 1 aromatic carbocycles. The maximum absolute atomic E-state index is 11.1. The number of rotatable bonds is 5. The number of thioether (sulfide) groups is 1. The van der Waals surface area contributed by atoms with Gasteiger partial charge in [-0.25, -0.2) is 4.79 Å². The van der Waals surface area contributed by atoms with Crippen LogP contribution in [-0.4, -0.2) is 43.2 Å². The molecule has 2 aromatic rings. The summed E-state index contributed by atoms with van der Waals surface area (Å²) in [4.78, 5) is 24.8. The van der Waals surface area contributed by atoms with Gasteiger partial charge in [0.15, 0.2) is 5.12 Å². The molecule has 112 valence electrons. The first-order chi connectivity index (χ1) is 9.90. The van der Waals surface area contributed by atoms with Crippen molar-refractivity contribution in [3.8, 4) is 0 Å². The molecule has 0 fully saturated rings. The van der Waals surface area contributed by atoms with E-state index in [0.717, 1.165) is 11.8 Å². The van der Waals surface area contributed by atoms with Gasteiger partial charge in [-0.2, -0.15) is 0 Å². The number of fused-ring (bicyclic) bond motifs is 1. The van der Waals surface area contributed by atoms with Crippen LogP contribution in [0.3, 0.4) is 0 Å². The van der Waals surface area contributed by atoms with Crippen LogP contribution in [0.2, 0.25) is 0 Å². The van der Waals surface area contributed by atoms with Crippen LogP contribution < -0.4 is 0 Å². The van der Waals surface area contributed by atoms with E-state index in [1.54, 1.807) is 12.1 Å². The minimum atomic E-state index is -1.18. The van der Waals surface area contributed by atoms with Crippen molar-refractivity contribution >= 4 is 33.7 Å². The first kappa shape index (κ1) is 15.6. The molecule has 4 N–H and O–H groups in total. The van der Waals surface area contributed by atoms with Gasteiger partial charge in [-0.1, -0.05) is 17.8 Å². The Labute approximate surface area is 124 Å². The molecule has 0 spiro atoms. The lowest BCUT2D eigenvalue weighted by molar-refractivity contribution is -0.109. The number of H-pyrrole nitrogens is 1. The van der Waals surface area contributed by atoms with Crippen LogP contribution in [0.5, 0.6) is 0 Å². The lowest BCUT2D eigenvalue weighted by atomic mass is 10.0. The molecule has 0 radical (unpaired) electrons. The lowest BCUT2D eigenvalue weighted by Gasteiger charge is -2.17. The number of hydrogen-bond acceptors (Lipinski definition) is 5. The zero-order valence-electron chi connectivity index (χ0n) is 11.2. The third kappa shape index (κ3) is 3.44. The number of hydrogen-bond donors (Lipinski definition) is 4. The van der Waals surface area contributed by atoms with Crippen molar-refractivity contribution in [3.63, 3.8) is 0 Å². The predicted octanol–water partition coefficient (Wildman–Crippen LogP) is 1.54. The zero-order valence-corrected chi connectivity index (χ0v) is 12.1. The van der Waals surface area contributed by atoms with E-state index >= 15 is 0 Å². The molecule has 0 saturated carbocycles. The molecule has 7 heteroatoms. The Kier molecular flexibility index (Phi) is 4.66. The number of benzene rings is 1. The second kappa shape index (κ2) is 6.30. The summed E-state index contributed by atoms with van der Waals surface area (Å²) in [5, 5.41) is 29.4. The van der Waals surface area contributed by atoms with E-state index in [0.29, 0.717) is 16.5 Å². The summed E-state index contributed by atoms with van der Waals surface area (Å²) in [6.45, 7) is 1.38. The van der Waals surface area contributed by atoms with Crippen molar-refractivity contribution in [3.05, 3.63) is 35.5 Å². The Balaban J connectivity index is 2.26. The van der Waals surface area contributed by atoms with E-state index in [9.17, 15) is 19.8 Å². The topological polar surface area (TPSA) is 111 Å². The van der Waals surface area contributed by atoms with Gasteiger partial charge in [0.25, 0.3) is 0 Å². The third-order valence-electron chi connectivity index (χ3n) is 3.10. The fourth-order valence-corrected chi connectivity index (χ4v) is 2.60. The van der Waals surface area contributed by atoms with Crippen LogP contribution >= 0.6 is 11.8 Å². The molecule has 2 rings (SSSR count). The van der Waals surface area contributed by atoms with E-state index in [4.69, 9.17) is 5.11 Å². The molecule has 0 aliphatic heterocycles. The number of carboxylic acids is 1. The van der Waals surface area contributed by atoms with Crippen molar-refractivity contribution in [1.29, 1.82) is 0 Å². The molecule has 21 heavy (non-hydrogen) atoms. The van der Waals surface area contributed by atoms with Crippen molar-refractivity contribution in [2.45, 2.75) is 19.1 Å². The molecule has 0 bridgehead atoms. The van der Waals surface area contributed by atoms with Gasteiger partial charge in [-0.05, 0) is 17.7 Å². The van der Waals surface area contributed by atoms with Gasteiger partial charge in [-0.15, -0.1) is 0 Å². The van der Waals surface area contributed by atoms with Crippen LogP contribution in [0.4, 0.5) is 0 Å². The molecule has 6 nitrogen and oxygen atoms in total. The fraction of sp³-hybridized carbons (Fsp3) is 0.286. The summed E-state index contributed by atoms with van der Waals surface area (Å²) in [5.41, 5.74) is 1.14. The molecular formula is C14H15NO5S. The molecule has 2 unspecified atom stereocenters. The summed E-state index contributed by atoms with van der Waals surface area (Å²) in [6, 6.07) is 4.78. The van der Waals surface area contributed by atoms with Crippen LogP contribution in [0.1, 0.15) is 28.9 Å². The summed E-state index contributed by atoms with van der Waals surface area (Å²) < 4.78 is 0. The average molecular weight is 309 g/mol. The number of carbonyl (C=O) groups excluding carboxylic acids is 1. The summed E-state index contributed by atoms with van der Waals surface area (Å²) in [5.74, 6) is -0.992. The zero-order chi connectivity index (χ0) is 15.6. The maximum atomic E-state index is 11.1. The number of aromatic carboxylic acids is 1. The number of nitrogens with one attached hydrogen (secondary N) is 1. The second-order valence-electron chi connectivity index (χ2n) is 4.63. The maximum Gasteiger partial charge on any atom is 0.337 e. The number of aromatic nitrogens is 1. The molecular weight excluding hydrogens is 294 g/mol. The Bertz CT molecular complexity index is 681. The Morgan fingerprint density at radius 1 is 1.33 bits per heavy atom. The predicted molar refractivity (Wildman–Crippen MR) is 79.4 cm³/mol. The van der Waals surface area contributed by atoms with Crippen LogP contribution in [-0.2, 0) is 4.79 Å². The second-order valence-corrected chi connectivity index (χ2v) is 5.82. The van der Waals surface area contributed by atoms with Crippen LogP contribution in [0.25, 0.3) is 10.9 Å². The van der Waals surface area contributed by atoms with E-state index in [2.05, 4.69) is 4.98 Å². The molecule has 0 saturated heterocycles. The lowest BCUT2D eigenvalue weighted by Crippen LogP contribution is -2.21. The van der Waals surface area contributed by atoms with Gasteiger partial charge in [0.1, 0.15) is 6.10 Å². The number of carbonyl (C=O) groups is 2. The van der Waals surface area contributed by atoms with Gasteiger partial charge in [-0.3, -0.25) is 4.79 Å². The highest BCUT2D eigenvalue weighted by Crippen LogP contribution is 2.26. The normalized spacial score (nSPS) is 14.0. The highest BCUT2D eigenvalue weighted by atomic mass is 32.2. The first-order valence-electron chi connectivity index (χ1n) is 6.24. The third-order valence-corrected chi connectivity index (χ3v) is 4.01. The van der Waals surface area contributed by atoms with Crippen molar-refractivity contribution in [2.24, 2.45) is 0 Å². The minimum Gasteiger partial charge on any atom is -0.478 e. The summed E-state index contributed by atoms with van der Waals surface area (Å²) in [7, 11) is 0. The smallest absolute Gasteiger partial charge is 0.337 e. The molecule has 0 amide bonds. The Morgan fingerprint density at radius 3 is 2.67 bits per heavy atom. The Morgan fingerprint density at radius 2 is 2.05 bits per heavy atom. The van der Waals surface area contributed by atoms with E-state index in [1.165, 1.54) is 19.2 Å². The highest BCUT2D eigenvalue weighted by molar-refractivity contribution is 8.13. The van der Waals surface area contributed by atoms with Gasteiger partial charge >= 0.3 is 5.97 Å². The summed E-state index contributed by atoms with van der Waals surface area (Å²) >= 11 is 0.927. The number of aromatic amines is 1. The molecule has 0 aliphatic carbocycles. The van der Waals surface area contributed by atoms with Crippen molar-refractivity contribution < 1.29 is 24.9 Å². The standard InChI is InChI=1S/C14H15NO5S/c1-7(16)21-6-12(17)13(18)8-2-3-11-9(4-8)10(5-15-11)14(19)20/h2-5,12-13,15,17-18H,6H2,1H3,(H,19,20). The highest BCUT2D eigenvalue weighted by Gasteiger charge is 2.20. The van der Waals surface area contributed by atoms with Crippen LogP contribution in [0.15, 0.2) is 24.4 Å². The monoisotopic (exact) mass is 309 g/mol. The number of aliphatic hydroxyl groups excluding tert-OH is 2. The SMILES string of the molecule is CC(=O)SCC(O)C(O)c1ccc2[nH]cc(C(=O)O)c2c1. The van der Waals surface area contributed by atoms with Crippen LogP contribution in [0, 0.1) is 0 Å². The van der Waals surface area contributed by atoms with Gasteiger partial charge in [0.2, 0.25) is 0 Å². The Hall–Kier alpha value is -1.83. The van der Waals surface area contributed by atoms with Gasteiger partial charge in [0.05, 0.1) is 11.7 Å². The van der Waals surface area contributed by atoms with E-state index in [1.807, 2.05) is 0 Å².